The monoisotopic (exact) mass is 907 g/mol. The summed E-state index contributed by atoms with van der Waals surface area (Å²) in [6.45, 7) is -0.764. The molecule has 0 saturated heterocycles. The number of aryl methyl sites for hydroxylation is 1. The van der Waals surface area contributed by atoms with E-state index in [1.54, 1.807) is 0 Å². The maximum Gasteiger partial charge on any atom is 0.460 e. The molecular formula is C25H10F25N3O5. The van der Waals surface area contributed by atoms with Gasteiger partial charge in [0.1, 0.15) is 11.4 Å². The van der Waals surface area contributed by atoms with Crippen LogP contribution in [0.1, 0.15) is 28.4 Å². The van der Waals surface area contributed by atoms with Crippen LogP contribution in [0.25, 0.3) is 0 Å². The maximum atomic E-state index is 15.6. The van der Waals surface area contributed by atoms with Crippen molar-refractivity contribution in [1.82, 2.24) is 5.32 Å². The Bertz CT molecular complexity index is 1880. The highest BCUT2D eigenvalue weighted by Gasteiger charge is 2.99. The van der Waals surface area contributed by atoms with Crippen LogP contribution in [-0.4, -0.2) is 96.2 Å². The van der Waals surface area contributed by atoms with Crippen LogP contribution in [-0.2, 0) is 25.0 Å². The van der Waals surface area contributed by atoms with Crippen LogP contribution in [0.5, 0.6) is 0 Å². The lowest BCUT2D eigenvalue weighted by atomic mass is 9.82. The molecule has 8 nitrogen and oxygen atoms in total. The molecule has 0 heterocycles. The lowest BCUT2D eigenvalue weighted by molar-refractivity contribution is -0.482. The number of nitrogens with one attached hydrogen (secondary N) is 1. The van der Waals surface area contributed by atoms with Gasteiger partial charge in [-0.25, -0.2) is 9.59 Å². The first-order valence-electron chi connectivity index (χ1n) is 13.4. The zero-order chi connectivity index (χ0) is 46.7. The second kappa shape index (κ2) is 14.8. The van der Waals surface area contributed by atoms with Crippen LogP contribution in [0.2, 0.25) is 0 Å². The molecule has 0 aromatic heterocycles. The van der Waals surface area contributed by atoms with Crippen LogP contribution in [0, 0.1) is 6.92 Å². The highest BCUT2D eigenvalue weighted by Crippen LogP contribution is 2.68. The Hall–Kier alpha value is -4.83. The number of esters is 1. The molecule has 1 aromatic rings. The molecule has 1 rings (SSSR count). The Morgan fingerprint density at radius 1 is 0.569 bits per heavy atom. The number of ether oxygens (including phenoxy) is 1. The number of halogens is 25. The summed E-state index contributed by atoms with van der Waals surface area (Å²) >= 11 is 0. The predicted molar refractivity (Wildman–Crippen MR) is 130 cm³/mol. The van der Waals surface area contributed by atoms with Gasteiger partial charge in [-0.3, -0.25) is 9.59 Å². The van der Waals surface area contributed by atoms with Crippen LogP contribution in [0.4, 0.5) is 121 Å². The summed E-state index contributed by atoms with van der Waals surface area (Å²) < 4.78 is 355. The molecule has 33 heteroatoms. The van der Waals surface area contributed by atoms with Crippen LogP contribution < -0.4 is 5.32 Å². The summed E-state index contributed by atoms with van der Waals surface area (Å²) in [4.78, 5) is 49.7. The van der Waals surface area contributed by atoms with Crippen molar-refractivity contribution in [3.05, 3.63) is 22.8 Å². The van der Waals surface area contributed by atoms with E-state index in [1.165, 1.54) is 5.32 Å². The number of hydrogen-bond acceptors (Lipinski definition) is 7. The van der Waals surface area contributed by atoms with E-state index in [0.29, 0.717) is 13.0 Å². The first-order chi connectivity index (χ1) is 25.4. The molecule has 0 aliphatic rings. The highest BCUT2D eigenvalue weighted by atomic mass is 19.4. The molecule has 0 aliphatic carbocycles. The summed E-state index contributed by atoms with van der Waals surface area (Å²) in [5.41, 5.74) is -11.7. The number of amides is 1. The van der Waals surface area contributed by atoms with E-state index in [2.05, 4.69) is 14.7 Å². The molecule has 58 heavy (non-hydrogen) atoms. The number of carbonyl (C=O) groups is 2. The molecule has 0 unspecified atom stereocenters. The van der Waals surface area contributed by atoms with Gasteiger partial charge in [-0.1, -0.05) is 0 Å². The highest BCUT2D eigenvalue weighted by molar-refractivity contribution is 6.00. The van der Waals surface area contributed by atoms with E-state index in [-0.39, 0.29) is 19.1 Å². The third-order valence-corrected chi connectivity index (χ3v) is 7.15. The van der Waals surface area contributed by atoms with Gasteiger partial charge < -0.3 is 10.1 Å². The molecule has 1 aromatic carbocycles. The Morgan fingerprint density at radius 3 is 1.21 bits per heavy atom. The first-order valence-corrected chi connectivity index (χ1v) is 13.4. The fraction of sp³-hybridized carbons (Fsp3) is 0.600. The number of benzene rings is 1. The van der Waals surface area contributed by atoms with Crippen molar-refractivity contribution in [2.45, 2.75) is 85.2 Å². The number of hydrogen-bond donors (Lipinski definition) is 1. The Balaban J connectivity index is 4.32. The molecule has 0 bridgehead atoms. The van der Waals surface area contributed by atoms with E-state index in [9.17, 15) is 111 Å². The van der Waals surface area contributed by atoms with Gasteiger partial charge >= 0.3 is 77.3 Å². The van der Waals surface area contributed by atoms with Crippen molar-refractivity contribution in [3.8, 4) is 0 Å². The first kappa shape index (κ1) is 51.2. The summed E-state index contributed by atoms with van der Waals surface area (Å²) in [6.07, 6.45) is -7.74. The molecule has 1 N–H and O–H groups in total. The van der Waals surface area contributed by atoms with Gasteiger partial charge in [0.05, 0.1) is 11.1 Å². The van der Waals surface area contributed by atoms with E-state index in [0.717, 1.165) is 0 Å². The van der Waals surface area contributed by atoms with Gasteiger partial charge in [-0.15, -0.1) is 0 Å². The number of nitrogens with zero attached hydrogens (tertiary/aromatic N) is 2. The minimum absolute atomic E-state index is 0.0349. The van der Waals surface area contributed by atoms with E-state index in [1.807, 2.05) is 0 Å². The van der Waals surface area contributed by atoms with Gasteiger partial charge in [-0.2, -0.15) is 120 Å². The van der Waals surface area contributed by atoms with Gasteiger partial charge in [0.15, 0.2) is 6.73 Å². The molecule has 0 aliphatic heterocycles. The third-order valence-electron chi connectivity index (χ3n) is 7.15. The lowest BCUT2D eigenvalue weighted by Crippen LogP contribution is -2.78. The number of aliphatic imine (C=N–C) groups is 2. The van der Waals surface area contributed by atoms with Crippen molar-refractivity contribution in [2.75, 3.05) is 6.73 Å². The Morgan fingerprint density at radius 2 is 0.897 bits per heavy atom. The van der Waals surface area contributed by atoms with Gasteiger partial charge in [0.2, 0.25) is 12.2 Å². The number of alkyl halides is 25. The van der Waals surface area contributed by atoms with Gasteiger partial charge in [-0.05, 0) is 18.6 Å². The van der Waals surface area contributed by atoms with Crippen molar-refractivity contribution >= 4 is 35.4 Å². The van der Waals surface area contributed by atoms with Crippen LogP contribution >= 0.6 is 0 Å². The normalized spacial score (nSPS) is 14.7. The van der Waals surface area contributed by atoms with Crippen molar-refractivity contribution in [2.24, 2.45) is 9.98 Å². The summed E-state index contributed by atoms with van der Waals surface area (Å²) in [5, 5.41) is 1.20. The molecule has 0 fully saturated rings. The minimum Gasteiger partial charge on any atom is -0.445 e. The Kier molecular flexibility index (Phi) is 13.0. The van der Waals surface area contributed by atoms with Gasteiger partial charge in [0.25, 0.3) is 5.91 Å². The van der Waals surface area contributed by atoms with Gasteiger partial charge in [0, 0.05) is 6.92 Å². The van der Waals surface area contributed by atoms with Crippen molar-refractivity contribution in [3.63, 3.8) is 0 Å². The summed E-state index contributed by atoms with van der Waals surface area (Å²) in [5.74, 6) is -106. The largest absolute Gasteiger partial charge is 0.460 e. The molecule has 0 spiro atoms. The van der Waals surface area contributed by atoms with Crippen molar-refractivity contribution in [1.29, 1.82) is 0 Å². The second-order valence-corrected chi connectivity index (χ2v) is 10.8. The fourth-order valence-corrected chi connectivity index (χ4v) is 4.08. The average molecular weight is 907 g/mol. The zero-order valence-electron chi connectivity index (χ0n) is 26.7. The number of carbonyl (C=O) groups excluding carboxylic acids is 4. The number of isocyanates is 2. The molecule has 1 amide bonds. The van der Waals surface area contributed by atoms with Crippen LogP contribution in [0.15, 0.2) is 16.1 Å². The minimum atomic E-state index is -9.83. The topological polar surface area (TPSA) is 114 Å². The smallest absolute Gasteiger partial charge is 0.445 e. The lowest BCUT2D eigenvalue weighted by Gasteiger charge is -2.45. The standard InChI is InChI=1S/C25H10F25N3O5/c1-7-3-9(51-4-54)12(52-5-55)11(10(7)13(57)53-6-58-8(2)56)14(26,27)15(28,29)16(30,31)17(32,33)18(34,35)19(36,37)20(38,39)21(40,41)22(42,43)23(44,45)24(46,47)25(48,49)50/h3H,6H2,1-2H3,(H,53,57). The fourth-order valence-electron chi connectivity index (χ4n) is 4.08. The zero-order valence-corrected chi connectivity index (χ0v) is 26.7. The maximum absolute atomic E-state index is 15.6. The Labute approximate surface area is 300 Å². The average Bonchev–Trinajstić information content (AvgIpc) is 3.03. The molecule has 0 radical (unpaired) electrons. The van der Waals surface area contributed by atoms with E-state index in [4.69, 9.17) is 0 Å². The third kappa shape index (κ3) is 6.95. The van der Waals surface area contributed by atoms with E-state index >= 15 is 17.6 Å². The van der Waals surface area contributed by atoms with Crippen molar-refractivity contribution < 1.29 is 134 Å². The SMILES string of the molecule is CC(=O)OCNC(=O)c1c(C)cc(N=C=O)c(N=C=O)c1C(F)(F)C(F)(F)C(F)(F)C(F)(F)C(F)(F)C(F)(F)C(F)(F)C(F)(F)C(F)(F)C(F)(F)C(F)(F)C(F)(F)F. The second-order valence-electron chi connectivity index (χ2n) is 10.8. The molecule has 0 saturated carbocycles. The number of rotatable bonds is 16. The molecular weight excluding hydrogens is 897 g/mol. The summed E-state index contributed by atoms with van der Waals surface area (Å²) in [7, 11) is 0. The molecule has 330 valence electrons. The molecule has 0 atom stereocenters. The predicted octanol–water partition coefficient (Wildman–Crippen LogP) is 9.19. The van der Waals surface area contributed by atoms with E-state index < -0.39 is 118 Å². The summed E-state index contributed by atoms with van der Waals surface area (Å²) in [6, 6.07) is 0.0349. The quantitative estimate of drug-likeness (QED) is 0.0585. The van der Waals surface area contributed by atoms with Crippen LogP contribution in [0.3, 0.4) is 0 Å².